The Morgan fingerprint density at radius 2 is 2.09 bits per heavy atom. The van der Waals surface area contributed by atoms with Gasteiger partial charge in [0.05, 0.1) is 20.8 Å². The Morgan fingerprint density at radius 3 is 2.27 bits per heavy atom. The van der Waals surface area contributed by atoms with Gasteiger partial charge in [-0.2, -0.15) is 0 Å². The van der Waals surface area contributed by atoms with Crippen LogP contribution in [-0.2, 0) is 6.61 Å². The van der Waals surface area contributed by atoms with Crippen molar-refractivity contribution in [2.24, 2.45) is 0 Å². The summed E-state index contributed by atoms with van der Waals surface area (Å²) in [6.07, 6.45) is 0. The largest absolute Gasteiger partial charge is 0.391 e. The zero-order valence-electron chi connectivity index (χ0n) is 5.60. The van der Waals surface area contributed by atoms with Crippen LogP contribution in [0.2, 0.25) is 9.36 Å². The van der Waals surface area contributed by atoms with Gasteiger partial charge in [0, 0.05) is 0 Å². The van der Waals surface area contributed by atoms with E-state index in [4.69, 9.17) is 33.7 Å². The lowest BCUT2D eigenvalue weighted by Gasteiger charge is -1.84. The van der Waals surface area contributed by atoms with Gasteiger partial charge in [-0.1, -0.05) is 23.2 Å². The van der Waals surface area contributed by atoms with E-state index in [0.29, 0.717) is 9.36 Å². The second kappa shape index (κ2) is 5.55. The molecule has 0 aliphatic rings. The van der Waals surface area contributed by atoms with Crippen LogP contribution in [0, 0.1) is 5.41 Å². The molecule has 0 aromatic carbocycles. The molecule has 1 aromatic rings. The highest BCUT2D eigenvalue weighted by Gasteiger charge is 2.02. The summed E-state index contributed by atoms with van der Waals surface area (Å²) in [6.45, 7) is 2.47. The van der Waals surface area contributed by atoms with Crippen molar-refractivity contribution in [3.63, 3.8) is 0 Å². The van der Waals surface area contributed by atoms with Gasteiger partial charge in [-0.25, -0.2) is 0 Å². The quantitative estimate of drug-likeness (QED) is 0.690. The highest BCUT2D eigenvalue weighted by molar-refractivity contribution is 7.16. The van der Waals surface area contributed by atoms with Gasteiger partial charge in [-0.05, 0) is 12.8 Å². The lowest BCUT2D eigenvalue weighted by Crippen LogP contribution is -1.73. The summed E-state index contributed by atoms with van der Waals surface area (Å²) in [7, 11) is 0. The monoisotopic (exact) mass is 211 g/mol. The van der Waals surface area contributed by atoms with E-state index in [2.05, 4.69) is 6.72 Å². The van der Waals surface area contributed by atoms with Crippen LogP contribution in [0.5, 0.6) is 0 Å². The molecular formula is C6H7Cl2NOS. The molecule has 0 saturated heterocycles. The number of halogens is 2. The molecule has 1 heterocycles. The van der Waals surface area contributed by atoms with Crippen LogP contribution in [0.3, 0.4) is 0 Å². The Morgan fingerprint density at radius 1 is 1.55 bits per heavy atom. The summed E-state index contributed by atoms with van der Waals surface area (Å²) in [5, 5.41) is 14.6. The molecule has 62 valence electrons. The lowest BCUT2D eigenvalue weighted by molar-refractivity contribution is 0.285. The van der Waals surface area contributed by atoms with Crippen LogP contribution >= 0.6 is 34.5 Å². The second-order valence-corrected chi connectivity index (χ2v) is 3.65. The number of rotatable bonds is 1. The molecule has 0 saturated carbocycles. The van der Waals surface area contributed by atoms with Gasteiger partial charge in [-0.3, -0.25) is 0 Å². The number of thiophene rings is 1. The zero-order valence-corrected chi connectivity index (χ0v) is 7.93. The Labute approximate surface area is 78.9 Å². The minimum absolute atomic E-state index is 0.0315. The molecular weight excluding hydrogens is 205 g/mol. The molecule has 0 bridgehead atoms. The van der Waals surface area contributed by atoms with Crippen molar-refractivity contribution in [3.05, 3.63) is 20.3 Å². The number of hydrogen-bond donors (Lipinski definition) is 2. The van der Waals surface area contributed by atoms with Crippen LogP contribution in [0.25, 0.3) is 0 Å². The molecule has 0 atom stereocenters. The van der Waals surface area contributed by atoms with Crippen LogP contribution < -0.4 is 0 Å². The van der Waals surface area contributed by atoms with Crippen molar-refractivity contribution < 1.29 is 5.11 Å². The van der Waals surface area contributed by atoms with Crippen molar-refractivity contribution >= 4 is 41.3 Å². The zero-order chi connectivity index (χ0) is 8.85. The topological polar surface area (TPSA) is 44.1 Å². The van der Waals surface area contributed by atoms with Crippen molar-refractivity contribution in [1.82, 2.24) is 0 Å². The van der Waals surface area contributed by atoms with E-state index < -0.39 is 0 Å². The molecule has 0 radical (unpaired) electrons. The van der Waals surface area contributed by atoms with Crippen LogP contribution in [-0.4, -0.2) is 11.8 Å². The first-order valence-electron chi connectivity index (χ1n) is 2.64. The predicted octanol–water partition coefficient (Wildman–Crippen LogP) is 2.81. The normalized spacial score (nSPS) is 8.64. The molecule has 1 aromatic heterocycles. The molecule has 11 heavy (non-hydrogen) atoms. The fraction of sp³-hybridized carbons (Fsp3) is 0.167. The molecule has 0 aliphatic heterocycles. The molecule has 5 heteroatoms. The van der Waals surface area contributed by atoms with Gasteiger partial charge in [0.25, 0.3) is 0 Å². The standard InChI is InChI=1S/C5H4Cl2OS.CH3N/c6-3-1-5(7)9-4(3)2-8;1-2/h1,8H,2H2;2H,1H2. The van der Waals surface area contributed by atoms with E-state index in [-0.39, 0.29) is 6.61 Å². The van der Waals surface area contributed by atoms with Crippen molar-refractivity contribution in [2.45, 2.75) is 6.61 Å². The number of aliphatic hydroxyl groups excluding tert-OH is 1. The molecule has 2 N–H and O–H groups in total. The van der Waals surface area contributed by atoms with Gasteiger partial charge < -0.3 is 10.5 Å². The van der Waals surface area contributed by atoms with Gasteiger partial charge in [0.2, 0.25) is 0 Å². The third-order valence-electron chi connectivity index (χ3n) is 0.871. The maximum atomic E-state index is 8.60. The van der Waals surface area contributed by atoms with Gasteiger partial charge in [-0.15, -0.1) is 11.3 Å². The van der Waals surface area contributed by atoms with Crippen molar-refractivity contribution in [2.75, 3.05) is 0 Å². The molecule has 0 unspecified atom stereocenters. The number of nitrogens with one attached hydrogen (secondary N) is 1. The van der Waals surface area contributed by atoms with E-state index in [0.717, 1.165) is 4.88 Å². The Kier molecular flexibility index (Phi) is 5.50. The van der Waals surface area contributed by atoms with Gasteiger partial charge >= 0.3 is 0 Å². The highest BCUT2D eigenvalue weighted by Crippen LogP contribution is 2.30. The summed E-state index contributed by atoms with van der Waals surface area (Å²) < 4.78 is 0.615. The Balaban J connectivity index is 0.000000461. The van der Waals surface area contributed by atoms with Crippen LogP contribution in [0.15, 0.2) is 6.07 Å². The molecule has 1 rings (SSSR count). The fourth-order valence-corrected chi connectivity index (χ4v) is 1.91. The lowest BCUT2D eigenvalue weighted by atomic mass is 10.5. The SMILES string of the molecule is C=N.OCc1sc(Cl)cc1Cl. The van der Waals surface area contributed by atoms with Crippen molar-refractivity contribution in [3.8, 4) is 0 Å². The summed E-state index contributed by atoms with van der Waals surface area (Å²) in [5.41, 5.74) is 0. The third kappa shape index (κ3) is 3.20. The van der Waals surface area contributed by atoms with Gasteiger partial charge in [0.15, 0.2) is 0 Å². The first-order valence-corrected chi connectivity index (χ1v) is 4.21. The third-order valence-corrected chi connectivity index (χ3v) is 2.57. The maximum absolute atomic E-state index is 8.60. The van der Waals surface area contributed by atoms with E-state index >= 15 is 0 Å². The fourth-order valence-electron chi connectivity index (χ4n) is 0.484. The molecule has 0 amide bonds. The highest BCUT2D eigenvalue weighted by atomic mass is 35.5. The van der Waals surface area contributed by atoms with Gasteiger partial charge in [0.1, 0.15) is 0 Å². The van der Waals surface area contributed by atoms with Crippen molar-refractivity contribution in [1.29, 1.82) is 5.41 Å². The number of aliphatic hydroxyl groups is 1. The molecule has 0 aliphatic carbocycles. The summed E-state index contributed by atoms with van der Waals surface area (Å²) in [5.74, 6) is 0. The first-order chi connectivity index (χ1) is 5.24. The molecule has 2 nitrogen and oxygen atoms in total. The van der Waals surface area contributed by atoms with E-state index in [1.54, 1.807) is 6.07 Å². The average molecular weight is 212 g/mol. The average Bonchev–Trinajstić information content (AvgIpc) is 2.33. The minimum atomic E-state index is -0.0315. The number of hydrogen-bond acceptors (Lipinski definition) is 3. The minimum Gasteiger partial charge on any atom is -0.391 e. The maximum Gasteiger partial charge on any atom is 0.0947 e. The summed E-state index contributed by atoms with van der Waals surface area (Å²) >= 11 is 12.5. The molecule has 0 fully saturated rings. The first kappa shape index (κ1) is 10.9. The predicted molar refractivity (Wildman–Crippen MR) is 50.1 cm³/mol. The Hall–Kier alpha value is -0.0900. The van der Waals surface area contributed by atoms with E-state index in [1.165, 1.54) is 11.3 Å². The van der Waals surface area contributed by atoms with E-state index in [1.807, 2.05) is 0 Å². The van der Waals surface area contributed by atoms with Crippen LogP contribution in [0.1, 0.15) is 4.88 Å². The van der Waals surface area contributed by atoms with Crippen LogP contribution in [0.4, 0.5) is 0 Å². The molecule has 0 spiro atoms. The summed E-state index contributed by atoms with van der Waals surface area (Å²) in [4.78, 5) is 0.724. The van der Waals surface area contributed by atoms with E-state index in [9.17, 15) is 0 Å². The smallest absolute Gasteiger partial charge is 0.0947 e. The summed E-state index contributed by atoms with van der Waals surface area (Å²) in [6, 6.07) is 1.62. The Bertz CT molecular complexity index is 226. The second-order valence-electron chi connectivity index (χ2n) is 1.48.